The van der Waals surface area contributed by atoms with Crippen LogP contribution in [-0.2, 0) is 21.7 Å². The highest BCUT2D eigenvalue weighted by Gasteiger charge is 2.60. The third-order valence-corrected chi connectivity index (χ3v) is 6.02. The third-order valence-electron chi connectivity index (χ3n) is 6.02. The van der Waals surface area contributed by atoms with Crippen molar-refractivity contribution in [3.63, 3.8) is 0 Å². The maximum Gasteiger partial charge on any atom is 0.265 e. The zero-order valence-corrected chi connectivity index (χ0v) is 16.2. The van der Waals surface area contributed by atoms with Crippen molar-refractivity contribution in [2.45, 2.75) is 18.1 Å². The number of amides is 2. The molecule has 0 aliphatic carbocycles. The van der Waals surface area contributed by atoms with Crippen molar-refractivity contribution in [1.82, 2.24) is 0 Å². The number of benzene rings is 3. The second-order valence-corrected chi connectivity index (χ2v) is 7.69. The minimum absolute atomic E-state index is 0.164. The molecule has 150 valence electrons. The standard InChI is InChI=1S/C24H19FN2O3/c1-26-19-10-6-5-9-17(19)21(22(26)28)24(30)18-12-11-16(25)13-20(18)27(23(24)29)14-15-7-3-2-4-8-15/h2-13,21,30H,14H2,1H3. The molecule has 2 amide bonds. The number of carbonyl (C=O) groups excluding carboxylic acids is 2. The summed E-state index contributed by atoms with van der Waals surface area (Å²) in [4.78, 5) is 29.6. The highest BCUT2D eigenvalue weighted by molar-refractivity contribution is 6.15. The van der Waals surface area contributed by atoms with Gasteiger partial charge in [-0.05, 0) is 29.3 Å². The Morgan fingerprint density at radius 2 is 1.67 bits per heavy atom. The van der Waals surface area contributed by atoms with Gasteiger partial charge >= 0.3 is 0 Å². The lowest BCUT2D eigenvalue weighted by molar-refractivity contribution is -0.144. The molecule has 2 unspecified atom stereocenters. The summed E-state index contributed by atoms with van der Waals surface area (Å²) in [5.74, 6) is -2.62. The zero-order chi connectivity index (χ0) is 21.0. The van der Waals surface area contributed by atoms with E-state index in [9.17, 15) is 19.1 Å². The molecule has 2 atom stereocenters. The van der Waals surface area contributed by atoms with Gasteiger partial charge in [0.1, 0.15) is 11.7 Å². The smallest absolute Gasteiger partial charge is 0.265 e. The number of likely N-dealkylation sites (N-methyl/N-ethyl adjacent to an activating group) is 1. The van der Waals surface area contributed by atoms with E-state index in [4.69, 9.17) is 0 Å². The van der Waals surface area contributed by atoms with E-state index >= 15 is 0 Å². The SMILES string of the molecule is CN1C(=O)C(C2(O)C(=O)N(Cc3ccccc3)c3cc(F)ccc32)c2ccccc21. The molecule has 3 aromatic carbocycles. The van der Waals surface area contributed by atoms with Crippen LogP contribution in [0.5, 0.6) is 0 Å². The van der Waals surface area contributed by atoms with E-state index in [1.807, 2.05) is 30.3 Å². The molecule has 0 spiro atoms. The number of para-hydroxylation sites is 1. The van der Waals surface area contributed by atoms with Crippen LogP contribution in [0.3, 0.4) is 0 Å². The van der Waals surface area contributed by atoms with E-state index < -0.39 is 23.2 Å². The summed E-state index contributed by atoms with van der Waals surface area (Å²) in [6.45, 7) is 0.164. The molecule has 5 nitrogen and oxygen atoms in total. The highest BCUT2D eigenvalue weighted by Crippen LogP contribution is 2.53. The predicted octanol–water partition coefficient (Wildman–Crippen LogP) is 3.32. The number of nitrogens with zero attached hydrogens (tertiary/aromatic N) is 2. The Labute approximate surface area is 173 Å². The van der Waals surface area contributed by atoms with Crippen LogP contribution >= 0.6 is 0 Å². The molecule has 0 aromatic heterocycles. The van der Waals surface area contributed by atoms with Gasteiger partial charge in [-0.1, -0.05) is 54.6 Å². The fourth-order valence-electron chi connectivity index (χ4n) is 4.57. The summed E-state index contributed by atoms with van der Waals surface area (Å²) in [7, 11) is 1.62. The lowest BCUT2D eigenvalue weighted by Crippen LogP contribution is -2.47. The average molecular weight is 402 g/mol. The van der Waals surface area contributed by atoms with Crippen molar-refractivity contribution in [3.05, 3.63) is 95.3 Å². The Morgan fingerprint density at radius 1 is 0.967 bits per heavy atom. The number of hydrogen-bond acceptors (Lipinski definition) is 3. The van der Waals surface area contributed by atoms with Crippen LogP contribution in [0.1, 0.15) is 22.6 Å². The molecule has 1 N–H and O–H groups in total. The molecule has 2 heterocycles. The van der Waals surface area contributed by atoms with Crippen molar-refractivity contribution in [1.29, 1.82) is 0 Å². The van der Waals surface area contributed by atoms with Crippen molar-refractivity contribution in [2.75, 3.05) is 16.8 Å². The third kappa shape index (κ3) is 2.44. The molecule has 0 fully saturated rings. The minimum atomic E-state index is -2.12. The van der Waals surface area contributed by atoms with Gasteiger partial charge in [-0.3, -0.25) is 9.59 Å². The van der Waals surface area contributed by atoms with E-state index in [0.29, 0.717) is 11.3 Å². The quantitative estimate of drug-likeness (QED) is 0.731. The highest BCUT2D eigenvalue weighted by atomic mass is 19.1. The first-order chi connectivity index (χ1) is 14.4. The van der Waals surface area contributed by atoms with Gasteiger partial charge in [0.2, 0.25) is 5.91 Å². The molecular weight excluding hydrogens is 383 g/mol. The molecule has 0 radical (unpaired) electrons. The summed E-state index contributed by atoms with van der Waals surface area (Å²) in [5, 5.41) is 11.8. The molecule has 2 aliphatic heterocycles. The van der Waals surface area contributed by atoms with Gasteiger partial charge < -0.3 is 14.9 Å². The Bertz CT molecular complexity index is 1180. The van der Waals surface area contributed by atoms with Gasteiger partial charge in [-0.15, -0.1) is 0 Å². The fourth-order valence-corrected chi connectivity index (χ4v) is 4.57. The molecular formula is C24H19FN2O3. The van der Waals surface area contributed by atoms with Crippen LogP contribution in [0.2, 0.25) is 0 Å². The minimum Gasteiger partial charge on any atom is -0.374 e. The maximum atomic E-state index is 14.1. The van der Waals surface area contributed by atoms with Crippen molar-refractivity contribution < 1.29 is 19.1 Å². The number of halogens is 1. The molecule has 6 heteroatoms. The first-order valence-corrected chi connectivity index (χ1v) is 9.67. The second kappa shape index (κ2) is 6.50. The molecule has 30 heavy (non-hydrogen) atoms. The lowest BCUT2D eigenvalue weighted by atomic mass is 9.78. The number of rotatable bonds is 3. The number of anilines is 2. The summed E-state index contributed by atoms with van der Waals surface area (Å²) in [6.07, 6.45) is 0. The first-order valence-electron chi connectivity index (χ1n) is 9.67. The Hall–Kier alpha value is -3.51. The van der Waals surface area contributed by atoms with Crippen LogP contribution in [0.25, 0.3) is 0 Å². The maximum absolute atomic E-state index is 14.1. The first kappa shape index (κ1) is 18.5. The molecule has 0 saturated carbocycles. The molecule has 3 aromatic rings. The van der Waals surface area contributed by atoms with Gasteiger partial charge in [0, 0.05) is 18.3 Å². The van der Waals surface area contributed by atoms with Crippen LogP contribution in [0, 0.1) is 5.82 Å². The van der Waals surface area contributed by atoms with Gasteiger partial charge in [-0.25, -0.2) is 4.39 Å². The molecule has 0 saturated heterocycles. The van der Waals surface area contributed by atoms with Crippen LogP contribution in [0.4, 0.5) is 15.8 Å². The van der Waals surface area contributed by atoms with Gasteiger partial charge in [0.15, 0.2) is 5.60 Å². The summed E-state index contributed by atoms with van der Waals surface area (Å²) in [6, 6.07) is 20.2. The topological polar surface area (TPSA) is 60.9 Å². The Kier molecular flexibility index (Phi) is 4.01. The van der Waals surface area contributed by atoms with Gasteiger partial charge in [0.05, 0.1) is 12.2 Å². The second-order valence-electron chi connectivity index (χ2n) is 7.69. The largest absolute Gasteiger partial charge is 0.374 e. The van der Waals surface area contributed by atoms with E-state index in [0.717, 1.165) is 5.56 Å². The number of fused-ring (bicyclic) bond motifs is 2. The normalized spacial score (nSPS) is 22.4. The number of hydrogen-bond donors (Lipinski definition) is 1. The van der Waals surface area contributed by atoms with Crippen LogP contribution < -0.4 is 9.80 Å². The Morgan fingerprint density at radius 3 is 2.43 bits per heavy atom. The Balaban J connectivity index is 1.68. The number of aliphatic hydroxyl groups is 1. The molecule has 2 aliphatic rings. The zero-order valence-electron chi connectivity index (χ0n) is 16.2. The van der Waals surface area contributed by atoms with E-state index in [1.165, 1.54) is 28.0 Å². The predicted molar refractivity (Wildman–Crippen MR) is 111 cm³/mol. The van der Waals surface area contributed by atoms with Crippen LogP contribution in [0.15, 0.2) is 72.8 Å². The average Bonchev–Trinajstić information content (AvgIpc) is 3.13. The van der Waals surface area contributed by atoms with Crippen molar-refractivity contribution in [2.24, 2.45) is 0 Å². The van der Waals surface area contributed by atoms with Gasteiger partial charge in [-0.2, -0.15) is 0 Å². The summed E-state index contributed by atoms with van der Waals surface area (Å²) < 4.78 is 14.1. The molecule has 0 bridgehead atoms. The summed E-state index contributed by atoms with van der Waals surface area (Å²) >= 11 is 0. The van der Waals surface area contributed by atoms with Crippen LogP contribution in [-0.4, -0.2) is 24.0 Å². The molecule has 5 rings (SSSR count). The lowest BCUT2D eigenvalue weighted by Gasteiger charge is -2.28. The fraction of sp³-hybridized carbons (Fsp3) is 0.167. The van der Waals surface area contributed by atoms with E-state index in [1.54, 1.807) is 31.3 Å². The van der Waals surface area contributed by atoms with Crippen molar-refractivity contribution in [3.8, 4) is 0 Å². The summed E-state index contributed by atoms with van der Waals surface area (Å²) in [5.41, 5.74) is 0.479. The van der Waals surface area contributed by atoms with Crippen molar-refractivity contribution >= 4 is 23.2 Å². The van der Waals surface area contributed by atoms with E-state index in [-0.39, 0.29) is 23.7 Å². The van der Waals surface area contributed by atoms with E-state index in [2.05, 4.69) is 0 Å². The number of carbonyl (C=O) groups is 2. The van der Waals surface area contributed by atoms with Gasteiger partial charge in [0.25, 0.3) is 5.91 Å². The monoisotopic (exact) mass is 402 g/mol.